The summed E-state index contributed by atoms with van der Waals surface area (Å²) >= 11 is 0. The van der Waals surface area contributed by atoms with Crippen molar-refractivity contribution in [2.45, 2.75) is 6.54 Å². The molecule has 17 heavy (non-hydrogen) atoms. The summed E-state index contributed by atoms with van der Waals surface area (Å²) in [6.45, 7) is 2.61. The zero-order valence-electron chi connectivity index (χ0n) is 9.50. The number of hydrogen-bond donors (Lipinski definition) is 1. The van der Waals surface area contributed by atoms with Crippen molar-refractivity contribution in [2.75, 3.05) is 19.7 Å². The molecular weight excluding hydrogens is 218 g/mol. The summed E-state index contributed by atoms with van der Waals surface area (Å²) in [5, 5.41) is 8.48. The van der Waals surface area contributed by atoms with Crippen LogP contribution in [-0.4, -0.2) is 35.7 Å². The number of aliphatic carboxylic acids is 1. The zero-order chi connectivity index (χ0) is 12.1. The second-order valence-corrected chi connectivity index (χ2v) is 3.99. The first-order valence-corrected chi connectivity index (χ1v) is 5.55. The van der Waals surface area contributed by atoms with E-state index in [0.29, 0.717) is 5.75 Å². The average molecular weight is 233 g/mol. The molecule has 0 spiro atoms. The molecule has 90 valence electrons. The van der Waals surface area contributed by atoms with Gasteiger partial charge in [-0.2, -0.15) is 0 Å². The Balaban J connectivity index is 1.86. The molecule has 0 radical (unpaired) electrons. The number of nitrogens with zero attached hydrogens (tertiary/aromatic N) is 1. The third-order valence-electron chi connectivity index (χ3n) is 2.59. The van der Waals surface area contributed by atoms with Crippen molar-refractivity contribution in [1.82, 2.24) is 4.90 Å². The highest BCUT2D eigenvalue weighted by atomic mass is 16.5. The zero-order valence-corrected chi connectivity index (χ0v) is 9.50. The van der Waals surface area contributed by atoms with Crippen LogP contribution < -0.4 is 4.74 Å². The molecule has 0 saturated heterocycles. The first kappa shape index (κ1) is 11.7. The van der Waals surface area contributed by atoms with Crippen molar-refractivity contribution in [3.8, 4) is 5.75 Å². The molecule has 4 nitrogen and oxygen atoms in total. The van der Waals surface area contributed by atoms with Crippen LogP contribution in [0.4, 0.5) is 0 Å². The molecule has 0 aliphatic carbocycles. The van der Waals surface area contributed by atoms with Gasteiger partial charge in [-0.3, -0.25) is 4.90 Å². The number of carboxylic acid groups (broad SMARTS) is 1. The lowest BCUT2D eigenvalue weighted by Gasteiger charge is -2.14. The van der Waals surface area contributed by atoms with E-state index < -0.39 is 5.97 Å². The van der Waals surface area contributed by atoms with Gasteiger partial charge in [0.15, 0.2) is 6.61 Å². The molecule has 1 heterocycles. The lowest BCUT2D eigenvalue weighted by atomic mass is 10.2. The van der Waals surface area contributed by atoms with Gasteiger partial charge in [0.05, 0.1) is 0 Å². The lowest BCUT2D eigenvalue weighted by Crippen LogP contribution is -2.19. The highest BCUT2D eigenvalue weighted by molar-refractivity contribution is 5.68. The Kier molecular flexibility index (Phi) is 3.77. The average Bonchev–Trinajstić information content (AvgIpc) is 2.81. The van der Waals surface area contributed by atoms with Crippen LogP contribution in [0.25, 0.3) is 0 Å². The fourth-order valence-electron chi connectivity index (χ4n) is 1.75. The number of benzene rings is 1. The summed E-state index contributed by atoms with van der Waals surface area (Å²) < 4.78 is 5.07. The van der Waals surface area contributed by atoms with E-state index in [1.54, 1.807) is 0 Å². The summed E-state index contributed by atoms with van der Waals surface area (Å²) in [6, 6.07) is 7.55. The standard InChI is InChI=1S/C13H15NO3/c15-13(16)10-17-12-5-3-11(4-6-12)9-14-7-1-2-8-14/h1-6H,7-10H2,(H,15,16). The van der Waals surface area contributed by atoms with Crippen LogP contribution in [-0.2, 0) is 11.3 Å². The van der Waals surface area contributed by atoms with Gasteiger partial charge in [0.1, 0.15) is 5.75 Å². The van der Waals surface area contributed by atoms with E-state index in [1.807, 2.05) is 24.3 Å². The Morgan fingerprint density at radius 2 is 1.88 bits per heavy atom. The van der Waals surface area contributed by atoms with Crippen molar-refractivity contribution in [3.05, 3.63) is 42.0 Å². The Labute approximate surface area is 100 Å². The van der Waals surface area contributed by atoms with Gasteiger partial charge in [-0.25, -0.2) is 4.79 Å². The smallest absolute Gasteiger partial charge is 0.341 e. The monoisotopic (exact) mass is 233 g/mol. The molecule has 4 heteroatoms. The van der Waals surface area contributed by atoms with E-state index in [9.17, 15) is 4.79 Å². The van der Waals surface area contributed by atoms with E-state index in [-0.39, 0.29) is 6.61 Å². The highest BCUT2D eigenvalue weighted by Crippen LogP contribution is 2.14. The number of ether oxygens (including phenoxy) is 1. The molecule has 1 aromatic rings. The van der Waals surface area contributed by atoms with Gasteiger partial charge in [0.25, 0.3) is 0 Å². The van der Waals surface area contributed by atoms with E-state index >= 15 is 0 Å². The topological polar surface area (TPSA) is 49.8 Å². The van der Waals surface area contributed by atoms with Crippen LogP contribution >= 0.6 is 0 Å². The quantitative estimate of drug-likeness (QED) is 0.783. The van der Waals surface area contributed by atoms with Crippen LogP contribution in [0.5, 0.6) is 5.75 Å². The molecule has 0 fully saturated rings. The van der Waals surface area contributed by atoms with Crippen molar-refractivity contribution in [1.29, 1.82) is 0 Å². The number of carboxylic acids is 1. The predicted octanol–water partition coefficient (Wildman–Crippen LogP) is 1.52. The molecule has 0 bridgehead atoms. The summed E-state index contributed by atoms with van der Waals surface area (Å²) in [5.41, 5.74) is 1.20. The van der Waals surface area contributed by atoms with Crippen LogP contribution in [0.1, 0.15) is 5.56 Å². The van der Waals surface area contributed by atoms with Crippen LogP contribution in [0.3, 0.4) is 0 Å². The molecule has 1 aromatic carbocycles. The largest absolute Gasteiger partial charge is 0.482 e. The second kappa shape index (κ2) is 5.50. The van der Waals surface area contributed by atoms with Crippen LogP contribution in [0.2, 0.25) is 0 Å². The third-order valence-corrected chi connectivity index (χ3v) is 2.59. The normalized spacial score (nSPS) is 15.1. The third kappa shape index (κ3) is 3.60. The van der Waals surface area contributed by atoms with E-state index in [4.69, 9.17) is 9.84 Å². The van der Waals surface area contributed by atoms with Crippen molar-refractivity contribution >= 4 is 5.97 Å². The molecule has 1 aliphatic heterocycles. The van der Waals surface area contributed by atoms with Crippen molar-refractivity contribution < 1.29 is 14.6 Å². The fourth-order valence-corrected chi connectivity index (χ4v) is 1.75. The van der Waals surface area contributed by atoms with Crippen molar-refractivity contribution in [3.63, 3.8) is 0 Å². The van der Waals surface area contributed by atoms with Gasteiger partial charge >= 0.3 is 5.97 Å². The fraction of sp³-hybridized carbons (Fsp3) is 0.308. The first-order valence-electron chi connectivity index (χ1n) is 5.55. The van der Waals surface area contributed by atoms with E-state index in [1.165, 1.54) is 5.56 Å². The summed E-state index contributed by atoms with van der Waals surface area (Å²) in [5.74, 6) is -0.368. The molecular formula is C13H15NO3. The maximum atomic E-state index is 10.3. The second-order valence-electron chi connectivity index (χ2n) is 3.99. The van der Waals surface area contributed by atoms with Crippen molar-refractivity contribution in [2.24, 2.45) is 0 Å². The van der Waals surface area contributed by atoms with E-state index in [0.717, 1.165) is 19.6 Å². The molecule has 0 atom stereocenters. The molecule has 2 rings (SSSR count). The first-order chi connectivity index (χ1) is 8.24. The molecule has 1 N–H and O–H groups in total. The summed E-state index contributed by atoms with van der Waals surface area (Å²) in [6.07, 6.45) is 4.31. The lowest BCUT2D eigenvalue weighted by molar-refractivity contribution is -0.139. The van der Waals surface area contributed by atoms with Gasteiger partial charge in [0.2, 0.25) is 0 Å². The Bertz CT molecular complexity index is 403. The maximum absolute atomic E-state index is 10.3. The number of rotatable bonds is 5. The number of carbonyl (C=O) groups is 1. The van der Waals surface area contributed by atoms with Crippen LogP contribution in [0, 0.1) is 0 Å². The summed E-state index contributed by atoms with van der Waals surface area (Å²) in [4.78, 5) is 12.6. The van der Waals surface area contributed by atoms with Gasteiger partial charge in [-0.15, -0.1) is 0 Å². The van der Waals surface area contributed by atoms with Gasteiger partial charge in [0, 0.05) is 19.6 Å². The molecule has 0 saturated carbocycles. The Morgan fingerprint density at radius 1 is 1.24 bits per heavy atom. The van der Waals surface area contributed by atoms with E-state index in [2.05, 4.69) is 17.1 Å². The van der Waals surface area contributed by atoms with Gasteiger partial charge < -0.3 is 9.84 Å². The highest BCUT2D eigenvalue weighted by Gasteiger charge is 2.07. The minimum Gasteiger partial charge on any atom is -0.482 e. The van der Waals surface area contributed by atoms with Gasteiger partial charge in [-0.1, -0.05) is 24.3 Å². The van der Waals surface area contributed by atoms with Gasteiger partial charge in [-0.05, 0) is 17.7 Å². The molecule has 0 amide bonds. The molecule has 1 aliphatic rings. The number of hydrogen-bond acceptors (Lipinski definition) is 3. The molecule has 0 aromatic heterocycles. The summed E-state index contributed by atoms with van der Waals surface area (Å²) in [7, 11) is 0. The maximum Gasteiger partial charge on any atom is 0.341 e. The van der Waals surface area contributed by atoms with Crippen LogP contribution in [0.15, 0.2) is 36.4 Å². The predicted molar refractivity (Wildman–Crippen MR) is 64.0 cm³/mol. The molecule has 0 unspecified atom stereocenters. The minimum atomic E-state index is -0.961. The SMILES string of the molecule is O=C(O)COc1ccc(CN2CC=CC2)cc1. The Hall–Kier alpha value is -1.81. The minimum absolute atomic E-state index is 0.296. The Morgan fingerprint density at radius 3 is 2.47 bits per heavy atom.